The van der Waals surface area contributed by atoms with Crippen LogP contribution in [0.4, 0.5) is 0 Å². The molecular formula is C19H38N2O3. The van der Waals surface area contributed by atoms with E-state index in [1.165, 1.54) is 0 Å². The Morgan fingerprint density at radius 2 is 1.38 bits per heavy atom. The number of nitroso groups, excluding NO2 is 1. The summed E-state index contributed by atoms with van der Waals surface area (Å²) in [5.74, 6) is 0.673. The van der Waals surface area contributed by atoms with Gasteiger partial charge >= 0.3 is 0 Å². The molecule has 0 N–H and O–H groups in total. The minimum Gasteiger partial charge on any atom is -0.375 e. The van der Waals surface area contributed by atoms with E-state index in [1.54, 1.807) is 5.01 Å². The van der Waals surface area contributed by atoms with E-state index in [0.717, 1.165) is 38.8 Å². The topological polar surface area (TPSA) is 51.1 Å². The number of hydrogen-bond acceptors (Lipinski definition) is 4. The molecule has 1 aliphatic heterocycles. The van der Waals surface area contributed by atoms with Crippen LogP contribution in [0, 0.1) is 16.2 Å². The zero-order chi connectivity index (χ0) is 18.4. The van der Waals surface area contributed by atoms with E-state index in [-0.39, 0.29) is 16.6 Å². The summed E-state index contributed by atoms with van der Waals surface area (Å²) in [6, 6.07) is 0. The van der Waals surface area contributed by atoms with Crippen molar-refractivity contribution in [1.29, 1.82) is 0 Å². The SMILES string of the molecule is CC(CCC1CCN(N=O)CC1)(COC(C)(C)C)COC(C)(C)C. The van der Waals surface area contributed by atoms with Crippen molar-refractivity contribution >= 4 is 0 Å². The van der Waals surface area contributed by atoms with Crippen LogP contribution in [-0.2, 0) is 9.47 Å². The van der Waals surface area contributed by atoms with Crippen molar-refractivity contribution in [3.63, 3.8) is 0 Å². The largest absolute Gasteiger partial charge is 0.375 e. The van der Waals surface area contributed by atoms with Gasteiger partial charge in [-0.25, -0.2) is 0 Å². The summed E-state index contributed by atoms with van der Waals surface area (Å²) in [6.45, 7) is 17.9. The molecule has 0 aromatic rings. The summed E-state index contributed by atoms with van der Waals surface area (Å²) in [7, 11) is 0. The van der Waals surface area contributed by atoms with E-state index in [1.807, 2.05) is 0 Å². The van der Waals surface area contributed by atoms with E-state index < -0.39 is 0 Å². The van der Waals surface area contributed by atoms with Crippen molar-refractivity contribution in [2.75, 3.05) is 26.3 Å². The summed E-state index contributed by atoms with van der Waals surface area (Å²) >= 11 is 0. The molecule has 5 heteroatoms. The second-order valence-electron chi connectivity index (χ2n) is 9.63. The normalized spacial score (nSPS) is 18.0. The standard InChI is InChI=1S/C19H38N2O3/c1-17(2,3)23-14-19(7,15-24-18(4,5)6)11-8-16-9-12-21(20-22)13-10-16/h16H,8-15H2,1-7H3. The van der Waals surface area contributed by atoms with E-state index in [9.17, 15) is 4.91 Å². The van der Waals surface area contributed by atoms with Gasteiger partial charge in [0.2, 0.25) is 0 Å². The van der Waals surface area contributed by atoms with E-state index in [0.29, 0.717) is 19.1 Å². The van der Waals surface area contributed by atoms with Crippen LogP contribution in [0.3, 0.4) is 0 Å². The molecule has 0 aromatic carbocycles. The first-order valence-electron chi connectivity index (χ1n) is 9.29. The highest BCUT2D eigenvalue weighted by atomic mass is 16.5. The zero-order valence-corrected chi connectivity index (χ0v) is 16.9. The van der Waals surface area contributed by atoms with Crippen LogP contribution in [0.2, 0.25) is 0 Å². The van der Waals surface area contributed by atoms with Crippen LogP contribution in [-0.4, -0.2) is 42.5 Å². The van der Waals surface area contributed by atoms with Crippen molar-refractivity contribution in [3.8, 4) is 0 Å². The third-order valence-corrected chi connectivity index (χ3v) is 4.57. The van der Waals surface area contributed by atoms with Crippen LogP contribution in [0.25, 0.3) is 0 Å². The van der Waals surface area contributed by atoms with Gasteiger partial charge < -0.3 is 9.47 Å². The molecule has 1 aliphatic rings. The summed E-state index contributed by atoms with van der Waals surface area (Å²) in [5, 5.41) is 4.69. The molecule has 0 amide bonds. The third kappa shape index (κ3) is 8.97. The Labute approximate surface area is 148 Å². The van der Waals surface area contributed by atoms with Gasteiger partial charge in [-0.2, -0.15) is 0 Å². The minimum atomic E-state index is -0.135. The van der Waals surface area contributed by atoms with Gasteiger partial charge in [0.05, 0.1) is 29.7 Å². The van der Waals surface area contributed by atoms with Gasteiger partial charge in [-0.3, -0.25) is 5.01 Å². The molecule has 0 atom stereocenters. The molecule has 0 aliphatic carbocycles. The molecule has 0 saturated carbocycles. The number of rotatable bonds is 8. The third-order valence-electron chi connectivity index (χ3n) is 4.57. The summed E-state index contributed by atoms with van der Waals surface area (Å²) < 4.78 is 12.2. The molecule has 0 radical (unpaired) electrons. The number of ether oxygens (including phenoxy) is 2. The van der Waals surface area contributed by atoms with Crippen molar-refractivity contribution in [2.45, 2.75) is 85.4 Å². The monoisotopic (exact) mass is 342 g/mol. The number of hydrogen-bond donors (Lipinski definition) is 0. The van der Waals surface area contributed by atoms with Gasteiger partial charge in [0.15, 0.2) is 0 Å². The fraction of sp³-hybridized carbons (Fsp3) is 1.00. The van der Waals surface area contributed by atoms with Gasteiger partial charge in [0.25, 0.3) is 0 Å². The van der Waals surface area contributed by atoms with E-state index in [2.05, 4.69) is 53.8 Å². The Morgan fingerprint density at radius 3 is 1.75 bits per heavy atom. The molecule has 5 nitrogen and oxygen atoms in total. The molecule has 1 fully saturated rings. The molecule has 0 aromatic heterocycles. The second kappa shape index (κ2) is 8.61. The van der Waals surface area contributed by atoms with Crippen LogP contribution >= 0.6 is 0 Å². The lowest BCUT2D eigenvalue weighted by molar-refractivity contribution is -0.105. The maximum atomic E-state index is 10.6. The van der Waals surface area contributed by atoms with Crippen molar-refractivity contribution < 1.29 is 9.47 Å². The minimum absolute atomic E-state index is 0.0145. The van der Waals surface area contributed by atoms with E-state index in [4.69, 9.17) is 9.47 Å². The quantitative estimate of drug-likeness (QED) is 0.595. The highest BCUT2D eigenvalue weighted by Gasteiger charge is 2.31. The number of nitrogens with zero attached hydrogens (tertiary/aromatic N) is 2. The Balaban J connectivity index is 2.55. The van der Waals surface area contributed by atoms with E-state index >= 15 is 0 Å². The first kappa shape index (κ1) is 21.4. The molecule has 0 bridgehead atoms. The second-order valence-corrected chi connectivity index (χ2v) is 9.63. The number of piperidine rings is 1. The van der Waals surface area contributed by atoms with Crippen LogP contribution in [0.1, 0.15) is 74.1 Å². The Bertz CT molecular complexity index is 359. The molecule has 0 spiro atoms. The summed E-state index contributed by atoms with van der Waals surface area (Å²) in [4.78, 5) is 10.6. The van der Waals surface area contributed by atoms with Crippen molar-refractivity contribution in [2.24, 2.45) is 16.6 Å². The average molecular weight is 343 g/mol. The van der Waals surface area contributed by atoms with Gasteiger partial charge in [-0.1, -0.05) is 6.92 Å². The molecular weight excluding hydrogens is 304 g/mol. The van der Waals surface area contributed by atoms with Gasteiger partial charge in [0.1, 0.15) is 0 Å². The summed E-state index contributed by atoms with van der Waals surface area (Å²) in [5.41, 5.74) is -0.255. The highest BCUT2D eigenvalue weighted by molar-refractivity contribution is 4.80. The maximum Gasteiger partial charge on any atom is 0.0598 e. The van der Waals surface area contributed by atoms with Gasteiger partial charge in [-0.15, -0.1) is 4.91 Å². The van der Waals surface area contributed by atoms with Crippen LogP contribution in [0.15, 0.2) is 5.29 Å². The average Bonchev–Trinajstić information content (AvgIpc) is 2.48. The molecule has 0 unspecified atom stereocenters. The fourth-order valence-corrected chi connectivity index (χ4v) is 2.81. The first-order chi connectivity index (χ1) is 10.9. The van der Waals surface area contributed by atoms with Crippen LogP contribution < -0.4 is 0 Å². The lowest BCUT2D eigenvalue weighted by atomic mass is 9.81. The maximum absolute atomic E-state index is 10.6. The molecule has 1 saturated heterocycles. The molecule has 142 valence electrons. The summed E-state index contributed by atoms with van der Waals surface area (Å²) in [6.07, 6.45) is 4.35. The molecule has 1 rings (SSSR count). The predicted molar refractivity (Wildman–Crippen MR) is 98.8 cm³/mol. The molecule has 1 heterocycles. The van der Waals surface area contributed by atoms with Gasteiger partial charge in [-0.05, 0) is 73.1 Å². The van der Waals surface area contributed by atoms with Crippen LogP contribution in [0.5, 0.6) is 0 Å². The fourth-order valence-electron chi connectivity index (χ4n) is 2.81. The van der Waals surface area contributed by atoms with Crippen molar-refractivity contribution in [3.05, 3.63) is 4.91 Å². The Morgan fingerprint density at radius 1 is 0.917 bits per heavy atom. The molecule has 24 heavy (non-hydrogen) atoms. The lowest BCUT2D eigenvalue weighted by Crippen LogP contribution is -2.37. The van der Waals surface area contributed by atoms with Gasteiger partial charge in [0, 0.05) is 18.5 Å². The predicted octanol–water partition coefficient (Wildman–Crippen LogP) is 4.80. The zero-order valence-electron chi connectivity index (χ0n) is 16.9. The lowest BCUT2D eigenvalue weighted by Gasteiger charge is -2.37. The Kier molecular flexibility index (Phi) is 7.67. The highest BCUT2D eigenvalue weighted by Crippen LogP contribution is 2.32. The smallest absolute Gasteiger partial charge is 0.0598 e. The Hall–Kier alpha value is -0.680. The van der Waals surface area contributed by atoms with Crippen molar-refractivity contribution in [1.82, 2.24) is 5.01 Å². The first-order valence-corrected chi connectivity index (χ1v) is 9.29.